The van der Waals surface area contributed by atoms with Crippen LogP contribution in [0.3, 0.4) is 0 Å². The van der Waals surface area contributed by atoms with E-state index in [1.165, 1.54) is 6.42 Å². The van der Waals surface area contributed by atoms with Gasteiger partial charge in [-0.15, -0.1) is 0 Å². The first-order valence-electron chi connectivity index (χ1n) is 6.30. The largest absolute Gasteiger partial charge is 0.396 e. The summed E-state index contributed by atoms with van der Waals surface area (Å²) in [5, 5.41) is 12.8. The Morgan fingerprint density at radius 1 is 1.50 bits per heavy atom. The minimum absolute atomic E-state index is 0.0375. The van der Waals surface area contributed by atoms with Gasteiger partial charge in [0.15, 0.2) is 0 Å². The summed E-state index contributed by atoms with van der Waals surface area (Å²) >= 11 is 0. The van der Waals surface area contributed by atoms with Crippen molar-refractivity contribution in [1.29, 1.82) is 0 Å². The Kier molecular flexibility index (Phi) is 5.18. The van der Waals surface area contributed by atoms with Crippen molar-refractivity contribution in [3.05, 3.63) is 0 Å². The number of nitrogens with zero attached hydrogens (tertiary/aromatic N) is 1. The Balaban J connectivity index is 2.58. The third-order valence-electron chi connectivity index (χ3n) is 3.83. The number of aliphatic hydroxyl groups is 1. The monoisotopic (exact) mass is 229 g/mol. The molecule has 0 aromatic rings. The molecule has 16 heavy (non-hydrogen) atoms. The highest BCUT2D eigenvalue weighted by Gasteiger charge is 2.34. The fourth-order valence-corrected chi connectivity index (χ4v) is 2.49. The second-order valence-corrected chi connectivity index (χ2v) is 5.42. The lowest BCUT2D eigenvalue weighted by molar-refractivity contribution is 0.116. The lowest BCUT2D eigenvalue weighted by Crippen LogP contribution is -2.63. The molecule has 0 amide bonds. The topological polar surface area (TPSA) is 61.5 Å². The van der Waals surface area contributed by atoms with Crippen LogP contribution in [0.15, 0.2) is 0 Å². The molecule has 4 heteroatoms. The standard InChI is InChI=1S/C12H27N3O/c1-10(7-16)11(2)14-12(8-13)5-4-6-15(3)9-12/h10-11,14,16H,4-9,13H2,1-3H3. The molecule has 4 nitrogen and oxygen atoms in total. The van der Waals surface area contributed by atoms with Crippen LogP contribution in [0.25, 0.3) is 0 Å². The quantitative estimate of drug-likeness (QED) is 0.622. The molecule has 0 radical (unpaired) electrons. The smallest absolute Gasteiger partial charge is 0.0471 e. The van der Waals surface area contributed by atoms with Crippen molar-refractivity contribution in [3.8, 4) is 0 Å². The highest BCUT2D eigenvalue weighted by molar-refractivity contribution is 4.96. The van der Waals surface area contributed by atoms with E-state index in [2.05, 4.69) is 31.1 Å². The lowest BCUT2D eigenvalue weighted by atomic mass is 9.87. The summed E-state index contributed by atoms with van der Waals surface area (Å²) in [6.45, 7) is 7.26. The predicted molar refractivity (Wildman–Crippen MR) is 67.4 cm³/mol. The number of nitrogens with one attached hydrogen (secondary N) is 1. The second-order valence-electron chi connectivity index (χ2n) is 5.42. The van der Waals surface area contributed by atoms with Crippen LogP contribution in [0, 0.1) is 5.92 Å². The summed E-state index contributed by atoms with van der Waals surface area (Å²) in [5.41, 5.74) is 5.98. The van der Waals surface area contributed by atoms with Crippen LogP contribution in [-0.2, 0) is 0 Å². The number of aliphatic hydroxyl groups excluding tert-OH is 1. The Hall–Kier alpha value is -0.160. The van der Waals surface area contributed by atoms with Gasteiger partial charge in [-0.1, -0.05) is 6.92 Å². The molecule has 3 atom stereocenters. The molecule has 0 aromatic carbocycles. The van der Waals surface area contributed by atoms with Gasteiger partial charge in [0.05, 0.1) is 0 Å². The number of hydrogen-bond donors (Lipinski definition) is 3. The Morgan fingerprint density at radius 3 is 2.69 bits per heavy atom. The molecule has 0 spiro atoms. The summed E-state index contributed by atoms with van der Waals surface area (Å²) in [6, 6.07) is 0.306. The zero-order valence-electron chi connectivity index (χ0n) is 10.9. The molecule has 96 valence electrons. The highest BCUT2D eigenvalue weighted by Crippen LogP contribution is 2.21. The third kappa shape index (κ3) is 3.42. The predicted octanol–water partition coefficient (Wildman–Crippen LogP) is 0.0160. The maximum Gasteiger partial charge on any atom is 0.0471 e. The van der Waals surface area contributed by atoms with E-state index in [-0.39, 0.29) is 18.1 Å². The lowest BCUT2D eigenvalue weighted by Gasteiger charge is -2.44. The van der Waals surface area contributed by atoms with Crippen LogP contribution in [0.1, 0.15) is 26.7 Å². The molecular formula is C12H27N3O. The molecular weight excluding hydrogens is 202 g/mol. The number of nitrogens with two attached hydrogens (primary N) is 1. The average Bonchev–Trinajstić information content (AvgIpc) is 2.27. The first-order chi connectivity index (χ1) is 7.53. The molecule has 0 aromatic heterocycles. The van der Waals surface area contributed by atoms with Gasteiger partial charge in [-0.25, -0.2) is 0 Å². The van der Waals surface area contributed by atoms with Crippen molar-refractivity contribution in [1.82, 2.24) is 10.2 Å². The Labute approximate surface area is 99.2 Å². The van der Waals surface area contributed by atoms with E-state index in [9.17, 15) is 0 Å². The highest BCUT2D eigenvalue weighted by atomic mass is 16.3. The van der Waals surface area contributed by atoms with Gasteiger partial charge < -0.3 is 21.1 Å². The first kappa shape index (κ1) is 13.9. The zero-order chi connectivity index (χ0) is 12.2. The summed E-state index contributed by atoms with van der Waals surface area (Å²) in [7, 11) is 2.14. The summed E-state index contributed by atoms with van der Waals surface area (Å²) < 4.78 is 0. The van der Waals surface area contributed by atoms with Crippen molar-refractivity contribution >= 4 is 0 Å². The molecule has 0 aliphatic carbocycles. The molecule has 1 rings (SSSR count). The van der Waals surface area contributed by atoms with Crippen molar-refractivity contribution in [2.24, 2.45) is 11.7 Å². The van der Waals surface area contributed by atoms with Crippen LogP contribution in [0.4, 0.5) is 0 Å². The van der Waals surface area contributed by atoms with E-state index >= 15 is 0 Å². The van der Waals surface area contributed by atoms with E-state index in [0.29, 0.717) is 12.6 Å². The Bertz CT molecular complexity index is 212. The normalized spacial score (nSPS) is 31.3. The van der Waals surface area contributed by atoms with E-state index in [1.54, 1.807) is 0 Å². The SMILES string of the molecule is CC(CO)C(C)NC1(CN)CCCN(C)C1. The second kappa shape index (κ2) is 5.96. The maximum absolute atomic E-state index is 9.16. The van der Waals surface area contributed by atoms with Crippen LogP contribution >= 0.6 is 0 Å². The molecule has 1 saturated heterocycles. The molecule has 3 unspecified atom stereocenters. The fourth-order valence-electron chi connectivity index (χ4n) is 2.49. The molecule has 1 aliphatic rings. The minimum atomic E-state index is 0.0375. The van der Waals surface area contributed by atoms with E-state index < -0.39 is 0 Å². The molecule has 1 aliphatic heterocycles. The molecule has 0 saturated carbocycles. The van der Waals surface area contributed by atoms with E-state index in [4.69, 9.17) is 10.8 Å². The summed E-state index contributed by atoms with van der Waals surface area (Å²) in [5.74, 6) is 0.274. The first-order valence-corrected chi connectivity index (χ1v) is 6.30. The molecule has 4 N–H and O–H groups in total. The van der Waals surface area contributed by atoms with Crippen LogP contribution in [0.2, 0.25) is 0 Å². The number of likely N-dealkylation sites (N-methyl/N-ethyl adjacent to an activating group) is 1. The van der Waals surface area contributed by atoms with Gasteiger partial charge in [-0.2, -0.15) is 0 Å². The minimum Gasteiger partial charge on any atom is -0.396 e. The number of piperidine rings is 1. The van der Waals surface area contributed by atoms with Crippen LogP contribution in [0.5, 0.6) is 0 Å². The van der Waals surface area contributed by atoms with E-state index in [1.807, 2.05) is 0 Å². The van der Waals surface area contributed by atoms with Crippen LogP contribution in [-0.4, -0.2) is 54.9 Å². The van der Waals surface area contributed by atoms with E-state index in [0.717, 1.165) is 19.5 Å². The maximum atomic E-state index is 9.16. The number of rotatable bonds is 5. The van der Waals surface area contributed by atoms with Crippen molar-refractivity contribution in [2.75, 3.05) is 33.3 Å². The van der Waals surface area contributed by atoms with Crippen LogP contribution < -0.4 is 11.1 Å². The molecule has 1 fully saturated rings. The third-order valence-corrected chi connectivity index (χ3v) is 3.83. The number of hydrogen-bond acceptors (Lipinski definition) is 4. The summed E-state index contributed by atoms with van der Waals surface area (Å²) in [6.07, 6.45) is 2.33. The fraction of sp³-hybridized carbons (Fsp3) is 1.00. The zero-order valence-corrected chi connectivity index (χ0v) is 10.9. The van der Waals surface area contributed by atoms with Gasteiger partial charge in [0.1, 0.15) is 0 Å². The average molecular weight is 229 g/mol. The molecule has 0 bridgehead atoms. The van der Waals surface area contributed by atoms with Crippen molar-refractivity contribution in [3.63, 3.8) is 0 Å². The van der Waals surface area contributed by atoms with Gasteiger partial charge in [0.25, 0.3) is 0 Å². The van der Waals surface area contributed by atoms with Gasteiger partial charge in [-0.05, 0) is 39.3 Å². The van der Waals surface area contributed by atoms with Gasteiger partial charge in [-0.3, -0.25) is 0 Å². The van der Waals surface area contributed by atoms with Crippen molar-refractivity contribution in [2.45, 2.75) is 38.3 Å². The Morgan fingerprint density at radius 2 is 2.19 bits per heavy atom. The number of likely N-dealkylation sites (tertiary alicyclic amines) is 1. The van der Waals surface area contributed by atoms with Crippen molar-refractivity contribution < 1.29 is 5.11 Å². The van der Waals surface area contributed by atoms with Gasteiger partial charge in [0, 0.05) is 31.3 Å². The molecule has 1 heterocycles. The van der Waals surface area contributed by atoms with Gasteiger partial charge >= 0.3 is 0 Å². The van der Waals surface area contributed by atoms with Gasteiger partial charge in [0.2, 0.25) is 0 Å². The summed E-state index contributed by atoms with van der Waals surface area (Å²) in [4.78, 5) is 2.33.